The number of ether oxygens (including phenoxy) is 1. The van der Waals surface area contributed by atoms with Gasteiger partial charge in [0, 0.05) is 12.4 Å². The molecule has 0 heterocycles. The Labute approximate surface area is 83.8 Å². The number of benzene rings is 1. The Kier molecular flexibility index (Phi) is 3.66. The summed E-state index contributed by atoms with van der Waals surface area (Å²) in [6.45, 7) is 0. The number of methoxy groups -OCH3 is 1. The number of hydrogen-bond donors (Lipinski definition) is 0. The zero-order valence-corrected chi connectivity index (χ0v) is 9.12. The van der Waals surface area contributed by atoms with Gasteiger partial charge in [0.1, 0.15) is 0 Å². The minimum absolute atomic E-state index is 0.333. The first kappa shape index (κ1) is 10.7. The van der Waals surface area contributed by atoms with Gasteiger partial charge in [-0.3, -0.25) is 4.74 Å². The van der Waals surface area contributed by atoms with Crippen LogP contribution in [0.25, 0.3) is 0 Å². The highest BCUT2D eigenvalue weighted by Crippen LogP contribution is 2.12. The van der Waals surface area contributed by atoms with E-state index in [-0.39, 0.29) is 5.97 Å². The van der Waals surface area contributed by atoms with E-state index in [4.69, 9.17) is 0 Å². The molecule has 14 heavy (non-hydrogen) atoms. The Bertz CT molecular complexity index is 420. The van der Waals surface area contributed by atoms with Crippen LogP contribution in [0.3, 0.4) is 0 Å². The van der Waals surface area contributed by atoms with Crippen molar-refractivity contribution >= 4 is 24.9 Å². The summed E-state index contributed by atoms with van der Waals surface area (Å²) in [5, 5.41) is 0.858. The van der Waals surface area contributed by atoms with Crippen molar-refractivity contribution in [3.8, 4) is 0 Å². The predicted molar refractivity (Wildman–Crippen MR) is 59.8 cm³/mol. The topological polar surface area (TPSA) is 38.7 Å². The van der Waals surface area contributed by atoms with Crippen molar-refractivity contribution in [2.75, 3.05) is 14.2 Å². The SMILES string of the molecule is C=P(=NC)c1ccccc1C(=O)OC. The molecule has 4 heteroatoms. The quantitative estimate of drug-likeness (QED) is 0.550. The molecular weight excluding hydrogens is 197 g/mol. The van der Waals surface area contributed by atoms with Crippen molar-refractivity contribution in [2.45, 2.75) is 0 Å². The third-order valence-corrected chi connectivity index (χ3v) is 3.26. The number of nitrogens with zero attached hydrogens (tertiary/aromatic N) is 1. The second kappa shape index (κ2) is 4.77. The maximum atomic E-state index is 11.4. The van der Waals surface area contributed by atoms with Crippen LogP contribution >= 0.6 is 7.34 Å². The number of esters is 1. The first-order valence-electron chi connectivity index (χ1n) is 4.08. The summed E-state index contributed by atoms with van der Waals surface area (Å²) in [5.41, 5.74) is 0.557. The largest absolute Gasteiger partial charge is 0.465 e. The minimum Gasteiger partial charge on any atom is -0.465 e. The average Bonchev–Trinajstić information content (AvgIpc) is 2.27. The average molecular weight is 209 g/mol. The molecule has 3 nitrogen and oxygen atoms in total. The lowest BCUT2D eigenvalue weighted by atomic mass is 10.2. The van der Waals surface area contributed by atoms with Crippen molar-refractivity contribution in [1.82, 2.24) is 0 Å². The van der Waals surface area contributed by atoms with E-state index in [9.17, 15) is 4.79 Å². The predicted octanol–water partition coefficient (Wildman–Crippen LogP) is 1.83. The molecule has 0 aliphatic rings. The van der Waals surface area contributed by atoms with E-state index in [0.29, 0.717) is 5.56 Å². The summed E-state index contributed by atoms with van der Waals surface area (Å²) in [5.74, 6) is -0.333. The summed E-state index contributed by atoms with van der Waals surface area (Å²) >= 11 is 0. The second-order valence-electron chi connectivity index (χ2n) is 2.61. The van der Waals surface area contributed by atoms with Crippen LogP contribution in [0, 0.1) is 0 Å². The van der Waals surface area contributed by atoms with Crippen LogP contribution in [-0.2, 0) is 4.74 Å². The molecule has 0 fully saturated rings. The van der Waals surface area contributed by atoms with Gasteiger partial charge in [-0.1, -0.05) is 18.4 Å². The van der Waals surface area contributed by atoms with Crippen molar-refractivity contribution in [2.24, 2.45) is 4.74 Å². The summed E-state index contributed by atoms with van der Waals surface area (Å²) < 4.78 is 8.76. The second-order valence-corrected chi connectivity index (χ2v) is 4.29. The van der Waals surface area contributed by atoms with Crippen LogP contribution in [0.2, 0.25) is 0 Å². The highest BCUT2D eigenvalue weighted by Gasteiger charge is 2.09. The molecule has 74 valence electrons. The van der Waals surface area contributed by atoms with Crippen LogP contribution in [0.1, 0.15) is 10.4 Å². The Hall–Kier alpha value is -1.34. The van der Waals surface area contributed by atoms with Crippen molar-refractivity contribution in [3.63, 3.8) is 0 Å². The molecule has 0 saturated carbocycles. The smallest absolute Gasteiger partial charge is 0.338 e. The van der Waals surface area contributed by atoms with Gasteiger partial charge in [0.05, 0.1) is 12.7 Å². The van der Waals surface area contributed by atoms with Crippen molar-refractivity contribution in [1.29, 1.82) is 0 Å². The van der Waals surface area contributed by atoms with E-state index >= 15 is 0 Å². The molecule has 0 saturated heterocycles. The first-order chi connectivity index (χ1) is 6.70. The number of carbonyl (C=O) groups excluding carboxylic acids is 1. The fourth-order valence-electron chi connectivity index (χ4n) is 1.09. The van der Waals surface area contributed by atoms with Gasteiger partial charge < -0.3 is 4.74 Å². The van der Waals surface area contributed by atoms with Gasteiger partial charge in [0.15, 0.2) is 0 Å². The molecule has 1 aromatic carbocycles. The summed E-state index contributed by atoms with van der Waals surface area (Å²) in [7, 11) is 2.21. The fraction of sp³-hybridized carbons (Fsp3) is 0.200. The Morgan fingerprint density at radius 1 is 1.50 bits per heavy atom. The van der Waals surface area contributed by atoms with Gasteiger partial charge >= 0.3 is 5.97 Å². The Morgan fingerprint density at radius 3 is 2.71 bits per heavy atom. The lowest BCUT2D eigenvalue weighted by Gasteiger charge is -2.03. The van der Waals surface area contributed by atoms with Crippen LogP contribution in [0.5, 0.6) is 0 Å². The van der Waals surface area contributed by atoms with E-state index in [1.165, 1.54) is 7.11 Å². The van der Waals surface area contributed by atoms with E-state index in [1.54, 1.807) is 19.2 Å². The lowest BCUT2D eigenvalue weighted by Crippen LogP contribution is -2.11. The molecule has 1 unspecified atom stereocenters. The molecule has 0 aliphatic carbocycles. The monoisotopic (exact) mass is 209 g/mol. The third-order valence-electron chi connectivity index (χ3n) is 1.83. The maximum Gasteiger partial charge on any atom is 0.338 e. The molecule has 0 bridgehead atoms. The van der Waals surface area contributed by atoms with Crippen LogP contribution in [0.15, 0.2) is 29.0 Å². The Morgan fingerprint density at radius 2 is 2.14 bits per heavy atom. The molecular formula is C10H12NO2P. The highest BCUT2D eigenvalue weighted by atomic mass is 31.1. The van der Waals surface area contributed by atoms with Gasteiger partial charge in [0.2, 0.25) is 0 Å². The zero-order chi connectivity index (χ0) is 10.6. The Balaban J connectivity index is 3.30. The van der Waals surface area contributed by atoms with E-state index < -0.39 is 7.34 Å². The highest BCUT2D eigenvalue weighted by molar-refractivity contribution is 7.54. The molecule has 0 amide bonds. The van der Waals surface area contributed by atoms with Crippen LogP contribution in [0.4, 0.5) is 0 Å². The molecule has 1 rings (SSSR count). The maximum absolute atomic E-state index is 11.4. The minimum atomic E-state index is -0.858. The van der Waals surface area contributed by atoms with Gasteiger partial charge in [-0.15, -0.1) is 0 Å². The van der Waals surface area contributed by atoms with E-state index in [2.05, 4.69) is 15.8 Å². The first-order valence-corrected chi connectivity index (χ1v) is 5.56. The molecule has 0 aliphatic heterocycles. The van der Waals surface area contributed by atoms with Crippen molar-refractivity contribution < 1.29 is 9.53 Å². The van der Waals surface area contributed by atoms with Gasteiger partial charge in [-0.25, -0.2) is 4.79 Å². The third kappa shape index (κ3) is 2.12. The van der Waals surface area contributed by atoms with Crippen LogP contribution in [-0.4, -0.2) is 26.4 Å². The van der Waals surface area contributed by atoms with Crippen LogP contribution < -0.4 is 5.30 Å². The fourth-order valence-corrected chi connectivity index (χ4v) is 2.01. The molecule has 1 aromatic rings. The van der Waals surface area contributed by atoms with Gasteiger partial charge in [0.25, 0.3) is 0 Å². The zero-order valence-electron chi connectivity index (χ0n) is 8.23. The molecule has 1 atom stereocenters. The summed E-state index contributed by atoms with van der Waals surface area (Å²) in [6.07, 6.45) is 3.89. The summed E-state index contributed by atoms with van der Waals surface area (Å²) in [6, 6.07) is 7.26. The van der Waals surface area contributed by atoms with Gasteiger partial charge in [-0.05, 0) is 19.5 Å². The van der Waals surface area contributed by atoms with E-state index in [1.807, 2.05) is 12.1 Å². The van der Waals surface area contributed by atoms with Crippen molar-refractivity contribution in [3.05, 3.63) is 29.8 Å². The molecule has 0 radical (unpaired) electrons. The number of carbonyl (C=O) groups is 1. The lowest BCUT2D eigenvalue weighted by molar-refractivity contribution is 0.0602. The number of rotatable bonds is 2. The molecule has 0 spiro atoms. The molecule has 0 N–H and O–H groups in total. The van der Waals surface area contributed by atoms with E-state index in [0.717, 1.165) is 5.30 Å². The summed E-state index contributed by atoms with van der Waals surface area (Å²) in [4.78, 5) is 11.4. The van der Waals surface area contributed by atoms with Gasteiger partial charge in [-0.2, -0.15) is 0 Å². The molecule has 0 aromatic heterocycles. The normalized spacial score (nSPS) is 11.1. The standard InChI is InChI=1S/C10H12NO2P/c1-11-14(3)9-7-5-4-6-8(9)10(12)13-2/h4-7H,3H2,1-2H3. The number of hydrogen-bond acceptors (Lipinski definition) is 3.